The average molecular weight is 460 g/mol. The quantitative estimate of drug-likeness (QED) is 0.384. The van der Waals surface area contributed by atoms with Gasteiger partial charge in [0.15, 0.2) is 0 Å². The molecule has 0 amide bonds. The van der Waals surface area contributed by atoms with E-state index in [-0.39, 0.29) is 22.0 Å². The van der Waals surface area contributed by atoms with Crippen LogP contribution in [0.2, 0.25) is 0 Å². The van der Waals surface area contributed by atoms with Crippen LogP contribution in [0.15, 0.2) is 35.4 Å². The van der Waals surface area contributed by atoms with Crippen molar-refractivity contribution in [2.45, 2.75) is 65.8 Å². The minimum atomic E-state index is -0.157. The number of allylic oxidation sites excluding steroid dienone is 2. The Labute approximate surface area is 207 Å². The molecular formula is C30H29N5. The predicted octanol–water partition coefficient (Wildman–Crippen LogP) is 7.27. The van der Waals surface area contributed by atoms with Crippen molar-refractivity contribution in [1.29, 1.82) is 21.0 Å². The van der Waals surface area contributed by atoms with Gasteiger partial charge >= 0.3 is 0 Å². The molecule has 174 valence electrons. The van der Waals surface area contributed by atoms with E-state index < -0.39 is 0 Å². The lowest BCUT2D eigenvalue weighted by molar-refractivity contribution is 0.590. The maximum Gasteiger partial charge on any atom is 0.130 e. The van der Waals surface area contributed by atoms with Crippen LogP contribution in [0, 0.1) is 45.3 Å². The van der Waals surface area contributed by atoms with Gasteiger partial charge in [0.1, 0.15) is 35.4 Å². The van der Waals surface area contributed by atoms with Gasteiger partial charge in [0.25, 0.3) is 0 Å². The zero-order valence-corrected chi connectivity index (χ0v) is 21.4. The molecule has 5 nitrogen and oxygen atoms in total. The fourth-order valence-electron chi connectivity index (χ4n) is 4.33. The van der Waals surface area contributed by atoms with Crippen LogP contribution in [0.4, 0.5) is 0 Å². The van der Waals surface area contributed by atoms with Crippen LogP contribution < -0.4 is 0 Å². The van der Waals surface area contributed by atoms with Gasteiger partial charge in [0, 0.05) is 28.4 Å². The van der Waals surface area contributed by atoms with E-state index in [9.17, 15) is 21.0 Å². The first-order chi connectivity index (χ1) is 16.4. The molecule has 0 saturated heterocycles. The van der Waals surface area contributed by atoms with E-state index in [1.165, 1.54) is 0 Å². The van der Waals surface area contributed by atoms with Crippen molar-refractivity contribution in [2.24, 2.45) is 0 Å². The second kappa shape index (κ2) is 9.14. The summed E-state index contributed by atoms with van der Waals surface area (Å²) in [7, 11) is 0. The molecule has 0 saturated carbocycles. The summed E-state index contributed by atoms with van der Waals surface area (Å²) < 4.78 is 2.15. The van der Waals surface area contributed by atoms with Crippen LogP contribution in [0.25, 0.3) is 34.0 Å². The van der Waals surface area contributed by atoms with E-state index in [1.54, 1.807) is 12.2 Å². The molecule has 3 rings (SSSR count). The molecule has 0 aliphatic heterocycles. The number of nitrogens with zero attached hydrogens (tertiary/aromatic N) is 5. The van der Waals surface area contributed by atoms with Gasteiger partial charge in [-0.1, -0.05) is 41.5 Å². The Morgan fingerprint density at radius 2 is 1.03 bits per heavy atom. The van der Waals surface area contributed by atoms with Crippen LogP contribution in [-0.4, -0.2) is 4.57 Å². The molecule has 5 heteroatoms. The normalized spacial score (nSPS) is 11.3. The molecule has 0 spiro atoms. The molecule has 0 atom stereocenters. The summed E-state index contributed by atoms with van der Waals surface area (Å²) in [4.78, 5) is 0. The van der Waals surface area contributed by atoms with E-state index in [1.807, 2.05) is 31.2 Å². The van der Waals surface area contributed by atoms with Crippen molar-refractivity contribution >= 4 is 34.0 Å². The summed E-state index contributed by atoms with van der Waals surface area (Å²) in [6.07, 6.45) is 3.30. The van der Waals surface area contributed by atoms with Crippen LogP contribution in [0.1, 0.15) is 70.7 Å². The zero-order valence-electron chi connectivity index (χ0n) is 21.4. The fraction of sp³-hybridized carbons (Fsp3) is 0.333. The van der Waals surface area contributed by atoms with Crippen LogP contribution in [0.3, 0.4) is 0 Å². The molecule has 1 aromatic heterocycles. The number of aromatic nitrogens is 1. The van der Waals surface area contributed by atoms with E-state index in [2.05, 4.69) is 70.4 Å². The molecule has 1 heterocycles. The molecule has 2 aromatic carbocycles. The molecule has 0 bridgehead atoms. The molecule has 0 N–H and O–H groups in total. The average Bonchev–Trinajstić information content (AvgIpc) is 3.13. The smallest absolute Gasteiger partial charge is 0.130 e. The zero-order chi connectivity index (χ0) is 26.1. The molecule has 0 aliphatic rings. The Balaban J connectivity index is 2.71. The van der Waals surface area contributed by atoms with Gasteiger partial charge in [-0.15, -0.1) is 0 Å². The number of fused-ring (bicyclic) bond motifs is 3. The number of nitriles is 4. The standard InChI is InChI=1S/C30H29N5/c1-8-35-27-21(9-19(15-31)16-32)11-23(29(2,3)4)13-25(27)26-14-24(30(5,6)7)12-22(28(26)35)10-20(17-33)18-34/h9-14H,8H2,1-7H3. The molecule has 0 fully saturated rings. The maximum atomic E-state index is 9.46. The Morgan fingerprint density at radius 1 is 0.686 bits per heavy atom. The highest BCUT2D eigenvalue weighted by atomic mass is 15.0. The molecule has 0 unspecified atom stereocenters. The third kappa shape index (κ3) is 4.68. The van der Waals surface area contributed by atoms with Crippen molar-refractivity contribution in [3.8, 4) is 24.3 Å². The van der Waals surface area contributed by atoms with Gasteiger partial charge in [-0.3, -0.25) is 0 Å². The van der Waals surface area contributed by atoms with Crippen molar-refractivity contribution in [2.75, 3.05) is 0 Å². The van der Waals surface area contributed by atoms with Gasteiger partial charge in [-0.05, 0) is 65.3 Å². The molecule has 35 heavy (non-hydrogen) atoms. The monoisotopic (exact) mass is 459 g/mol. The Morgan fingerprint density at radius 3 is 1.29 bits per heavy atom. The van der Waals surface area contributed by atoms with Crippen LogP contribution >= 0.6 is 0 Å². The summed E-state index contributed by atoms with van der Waals surface area (Å²) in [5.41, 5.74) is 5.40. The largest absolute Gasteiger partial charge is 0.340 e. The first-order valence-corrected chi connectivity index (χ1v) is 11.6. The van der Waals surface area contributed by atoms with Crippen molar-refractivity contribution < 1.29 is 0 Å². The Kier molecular flexibility index (Phi) is 6.61. The second-order valence-electron chi connectivity index (χ2n) is 10.7. The van der Waals surface area contributed by atoms with Gasteiger partial charge in [-0.25, -0.2) is 0 Å². The highest BCUT2D eigenvalue weighted by Gasteiger charge is 2.24. The molecular weight excluding hydrogens is 430 g/mol. The Bertz CT molecular complexity index is 1420. The van der Waals surface area contributed by atoms with Gasteiger partial charge in [0.05, 0.1) is 11.0 Å². The van der Waals surface area contributed by atoms with E-state index in [0.29, 0.717) is 6.54 Å². The van der Waals surface area contributed by atoms with E-state index in [0.717, 1.165) is 44.1 Å². The number of hydrogen-bond acceptors (Lipinski definition) is 4. The summed E-state index contributed by atoms with van der Waals surface area (Å²) >= 11 is 0. The number of rotatable bonds is 3. The minimum absolute atomic E-state index is 0.0389. The van der Waals surface area contributed by atoms with Gasteiger partial charge < -0.3 is 4.57 Å². The lowest BCUT2D eigenvalue weighted by Crippen LogP contribution is -2.11. The highest BCUT2D eigenvalue weighted by Crippen LogP contribution is 2.40. The van der Waals surface area contributed by atoms with E-state index in [4.69, 9.17) is 0 Å². The van der Waals surface area contributed by atoms with Crippen LogP contribution in [-0.2, 0) is 17.4 Å². The number of aryl methyl sites for hydroxylation is 1. The fourth-order valence-corrected chi connectivity index (χ4v) is 4.33. The molecule has 3 aromatic rings. The summed E-state index contributed by atoms with van der Waals surface area (Å²) in [6.45, 7) is 15.5. The van der Waals surface area contributed by atoms with Gasteiger partial charge in [-0.2, -0.15) is 21.0 Å². The number of hydrogen-bond donors (Lipinski definition) is 0. The van der Waals surface area contributed by atoms with Crippen molar-refractivity contribution in [3.63, 3.8) is 0 Å². The number of benzene rings is 2. The van der Waals surface area contributed by atoms with Crippen LogP contribution in [0.5, 0.6) is 0 Å². The predicted molar refractivity (Wildman–Crippen MR) is 141 cm³/mol. The first-order valence-electron chi connectivity index (χ1n) is 11.6. The maximum absolute atomic E-state index is 9.46. The molecule has 0 aliphatic carbocycles. The SMILES string of the molecule is CCn1c2c(C=C(C#N)C#N)cc(C(C)(C)C)cc2c2cc(C(C)(C)C)cc(C=C(C#N)C#N)c21. The van der Waals surface area contributed by atoms with Crippen molar-refractivity contribution in [1.82, 2.24) is 4.57 Å². The summed E-state index contributed by atoms with van der Waals surface area (Å²) in [6, 6.07) is 16.4. The van der Waals surface area contributed by atoms with Crippen molar-refractivity contribution in [3.05, 3.63) is 57.7 Å². The van der Waals surface area contributed by atoms with Gasteiger partial charge in [0.2, 0.25) is 0 Å². The van der Waals surface area contributed by atoms with E-state index >= 15 is 0 Å². The summed E-state index contributed by atoms with van der Waals surface area (Å²) in [5, 5.41) is 39.9. The first kappa shape index (κ1) is 25.3. The second-order valence-corrected chi connectivity index (χ2v) is 10.7. The lowest BCUT2D eigenvalue weighted by Gasteiger charge is -2.21. The Hall–Kier alpha value is -4.32. The summed E-state index contributed by atoms with van der Waals surface area (Å²) in [5.74, 6) is 0. The third-order valence-corrected chi connectivity index (χ3v) is 6.24. The lowest BCUT2D eigenvalue weighted by atomic mass is 9.83. The third-order valence-electron chi connectivity index (χ3n) is 6.24. The molecule has 0 radical (unpaired) electrons. The highest BCUT2D eigenvalue weighted by molar-refractivity contribution is 6.13. The minimum Gasteiger partial charge on any atom is -0.340 e. The topological polar surface area (TPSA) is 100 Å².